The van der Waals surface area contributed by atoms with Crippen molar-refractivity contribution in [1.29, 1.82) is 0 Å². The van der Waals surface area contributed by atoms with E-state index in [1.54, 1.807) is 27.2 Å². The maximum atomic E-state index is 13.4. The molecular weight excluding hydrogens is 607 g/mol. The Hall–Kier alpha value is -4.13. The normalized spacial score (nSPS) is 14.9. The van der Waals surface area contributed by atoms with Crippen LogP contribution in [0.3, 0.4) is 0 Å². The van der Waals surface area contributed by atoms with Crippen molar-refractivity contribution in [3.05, 3.63) is 89.6 Å². The highest BCUT2D eigenvalue weighted by Gasteiger charge is 2.31. The van der Waals surface area contributed by atoms with Crippen molar-refractivity contribution in [2.24, 2.45) is 5.92 Å². The summed E-state index contributed by atoms with van der Waals surface area (Å²) in [5, 5.41) is 10.8. The minimum absolute atomic E-state index is 0.190. The molecule has 0 saturated carbocycles. The van der Waals surface area contributed by atoms with Crippen molar-refractivity contribution in [2.75, 3.05) is 23.7 Å². The lowest BCUT2D eigenvalue weighted by molar-refractivity contribution is 0.262. The van der Waals surface area contributed by atoms with Crippen LogP contribution in [0.4, 0.5) is 16.3 Å². The summed E-state index contributed by atoms with van der Waals surface area (Å²) in [5.74, 6) is 0.915. The fourth-order valence-corrected chi connectivity index (χ4v) is 7.81. The van der Waals surface area contributed by atoms with Crippen LogP contribution in [0.5, 0.6) is 0 Å². The molecule has 2 aromatic heterocycles. The van der Waals surface area contributed by atoms with Crippen LogP contribution in [0.1, 0.15) is 50.4 Å². The van der Waals surface area contributed by atoms with Gasteiger partial charge in [-0.05, 0) is 74.1 Å². The molecule has 234 valence electrons. The SMILES string of the molecule is Cc1ccc(-n2nc(C(C)(C)C)cc2NC(=O)Nc2cccc(CC3CCN(S(=O)(=O)c4cccc5nsnc45)CC3)c2)cc1. The molecule has 12 heteroatoms. The molecule has 0 aliphatic carbocycles. The summed E-state index contributed by atoms with van der Waals surface area (Å²) in [4.78, 5) is 13.4. The van der Waals surface area contributed by atoms with Gasteiger partial charge in [-0.15, -0.1) is 0 Å². The zero-order chi connectivity index (χ0) is 31.8. The summed E-state index contributed by atoms with van der Waals surface area (Å²) in [5.41, 5.74) is 5.51. The number of amides is 2. The minimum atomic E-state index is -3.65. The number of piperidine rings is 1. The molecule has 0 bridgehead atoms. The van der Waals surface area contributed by atoms with E-state index in [1.165, 1.54) is 0 Å². The number of aromatic nitrogens is 4. The molecule has 3 aromatic carbocycles. The Balaban J connectivity index is 1.09. The van der Waals surface area contributed by atoms with E-state index in [-0.39, 0.29) is 16.3 Å². The van der Waals surface area contributed by atoms with Gasteiger partial charge in [0, 0.05) is 30.3 Å². The number of nitrogens with one attached hydrogen (secondary N) is 2. The average Bonchev–Trinajstić information content (AvgIpc) is 3.65. The second-order valence-electron chi connectivity index (χ2n) is 12.6. The topological polar surface area (TPSA) is 122 Å². The molecule has 1 fully saturated rings. The summed E-state index contributed by atoms with van der Waals surface area (Å²) in [6, 6.07) is 22.5. The van der Waals surface area contributed by atoms with Crippen LogP contribution >= 0.6 is 11.7 Å². The quantitative estimate of drug-likeness (QED) is 0.202. The molecule has 1 saturated heterocycles. The Morgan fingerprint density at radius 2 is 1.69 bits per heavy atom. The standard InChI is InChI=1S/C33H37N7O3S2/c1-22-11-13-26(14-12-22)40-30(21-29(36-40)33(2,3)4)35-32(41)34-25-8-5-7-24(20-25)19-23-15-17-39(18-16-23)45(42,43)28-10-6-9-27-31(28)38-44-37-27/h5-14,20-21,23H,15-19H2,1-4H3,(H2,34,35,41). The van der Waals surface area contributed by atoms with Gasteiger partial charge in [0.2, 0.25) is 10.0 Å². The summed E-state index contributed by atoms with van der Waals surface area (Å²) in [7, 11) is -3.65. The number of carbonyl (C=O) groups is 1. The summed E-state index contributed by atoms with van der Waals surface area (Å²) in [6.45, 7) is 9.21. The number of benzene rings is 3. The first-order valence-electron chi connectivity index (χ1n) is 15.0. The number of hydrogen-bond donors (Lipinski definition) is 2. The molecule has 2 N–H and O–H groups in total. The third-order valence-corrected chi connectivity index (χ3v) is 10.6. The third kappa shape index (κ3) is 6.77. The van der Waals surface area contributed by atoms with E-state index in [2.05, 4.69) is 40.2 Å². The number of anilines is 2. The number of carbonyl (C=O) groups excluding carboxylic acids is 1. The monoisotopic (exact) mass is 643 g/mol. The van der Waals surface area contributed by atoms with Gasteiger partial charge >= 0.3 is 6.03 Å². The molecule has 45 heavy (non-hydrogen) atoms. The summed E-state index contributed by atoms with van der Waals surface area (Å²) >= 11 is 1.02. The number of hydrogen-bond acceptors (Lipinski definition) is 7. The van der Waals surface area contributed by atoms with Gasteiger partial charge < -0.3 is 5.32 Å². The van der Waals surface area contributed by atoms with Crippen molar-refractivity contribution in [3.8, 4) is 5.69 Å². The van der Waals surface area contributed by atoms with Gasteiger partial charge in [0.15, 0.2) is 0 Å². The Morgan fingerprint density at radius 3 is 2.42 bits per heavy atom. The van der Waals surface area contributed by atoms with Crippen molar-refractivity contribution in [1.82, 2.24) is 22.8 Å². The predicted octanol–water partition coefficient (Wildman–Crippen LogP) is 6.77. The average molecular weight is 644 g/mol. The van der Waals surface area contributed by atoms with Gasteiger partial charge in [-0.2, -0.15) is 18.2 Å². The van der Waals surface area contributed by atoms with Crippen molar-refractivity contribution in [2.45, 2.75) is 57.3 Å². The van der Waals surface area contributed by atoms with Crippen LogP contribution in [0.15, 0.2) is 77.7 Å². The first-order valence-corrected chi connectivity index (χ1v) is 17.2. The molecule has 0 radical (unpaired) electrons. The molecule has 5 aromatic rings. The Morgan fingerprint density at radius 1 is 0.956 bits per heavy atom. The zero-order valence-electron chi connectivity index (χ0n) is 25.8. The molecule has 6 rings (SSSR count). The van der Waals surface area contributed by atoms with Gasteiger partial charge in [-0.3, -0.25) is 5.32 Å². The van der Waals surface area contributed by atoms with Crippen LogP contribution in [-0.2, 0) is 21.9 Å². The van der Waals surface area contributed by atoms with Crippen LogP contribution in [0.25, 0.3) is 16.7 Å². The number of aryl methyl sites for hydroxylation is 1. The Bertz CT molecular complexity index is 1930. The first kappa shape index (κ1) is 30.9. The van der Waals surface area contributed by atoms with Gasteiger partial charge in [0.1, 0.15) is 21.7 Å². The number of sulfonamides is 1. The number of nitrogens with zero attached hydrogens (tertiary/aromatic N) is 5. The summed E-state index contributed by atoms with van der Waals surface area (Å²) in [6.07, 6.45) is 2.30. The van der Waals surface area contributed by atoms with Gasteiger partial charge in [-0.1, -0.05) is 56.7 Å². The van der Waals surface area contributed by atoms with E-state index in [1.807, 2.05) is 61.5 Å². The molecule has 10 nitrogen and oxygen atoms in total. The second kappa shape index (κ2) is 12.3. The molecule has 1 aliphatic rings. The van der Waals surface area contributed by atoms with E-state index < -0.39 is 10.0 Å². The highest BCUT2D eigenvalue weighted by atomic mass is 32.2. The number of urea groups is 1. The lowest BCUT2D eigenvalue weighted by Crippen LogP contribution is -2.39. The van der Waals surface area contributed by atoms with Gasteiger partial charge in [-0.25, -0.2) is 17.9 Å². The highest BCUT2D eigenvalue weighted by Crippen LogP contribution is 2.30. The predicted molar refractivity (Wildman–Crippen MR) is 179 cm³/mol. The molecular formula is C33H37N7O3S2. The van der Waals surface area contributed by atoms with E-state index in [9.17, 15) is 13.2 Å². The molecule has 0 atom stereocenters. The Labute approximate surface area is 267 Å². The van der Waals surface area contributed by atoms with Crippen molar-refractivity contribution in [3.63, 3.8) is 0 Å². The smallest absolute Gasteiger partial charge is 0.308 e. The van der Waals surface area contributed by atoms with Crippen LogP contribution in [0, 0.1) is 12.8 Å². The minimum Gasteiger partial charge on any atom is -0.308 e. The van der Waals surface area contributed by atoms with Crippen molar-refractivity contribution < 1.29 is 13.2 Å². The summed E-state index contributed by atoms with van der Waals surface area (Å²) < 4.78 is 38.6. The number of fused-ring (bicyclic) bond motifs is 1. The van der Waals surface area contributed by atoms with E-state index >= 15 is 0 Å². The fraction of sp³-hybridized carbons (Fsp3) is 0.333. The lowest BCUT2D eigenvalue weighted by Gasteiger charge is -2.31. The highest BCUT2D eigenvalue weighted by molar-refractivity contribution is 7.89. The molecule has 0 unspecified atom stereocenters. The first-order chi connectivity index (χ1) is 21.5. The van der Waals surface area contributed by atoms with E-state index in [4.69, 9.17) is 5.10 Å². The molecule has 3 heterocycles. The van der Waals surface area contributed by atoms with Crippen LogP contribution in [0.2, 0.25) is 0 Å². The maximum Gasteiger partial charge on any atom is 0.324 e. The second-order valence-corrected chi connectivity index (χ2v) is 15.1. The van der Waals surface area contributed by atoms with Crippen molar-refractivity contribution >= 4 is 50.3 Å². The third-order valence-electron chi connectivity index (χ3n) is 8.15. The fourth-order valence-electron chi connectivity index (χ4n) is 5.59. The van der Waals surface area contributed by atoms with Crippen LogP contribution in [-0.4, -0.2) is 50.4 Å². The zero-order valence-corrected chi connectivity index (χ0v) is 27.5. The van der Waals surface area contributed by atoms with Gasteiger partial charge in [0.25, 0.3) is 0 Å². The molecule has 2 amide bonds. The maximum absolute atomic E-state index is 13.4. The van der Waals surface area contributed by atoms with Gasteiger partial charge in [0.05, 0.1) is 23.1 Å². The van der Waals surface area contributed by atoms with E-state index in [0.717, 1.165) is 53.5 Å². The lowest BCUT2D eigenvalue weighted by atomic mass is 9.91. The number of rotatable bonds is 7. The molecule has 1 aliphatic heterocycles. The molecule has 0 spiro atoms. The largest absolute Gasteiger partial charge is 0.324 e. The van der Waals surface area contributed by atoms with E-state index in [0.29, 0.717) is 41.5 Å². The van der Waals surface area contributed by atoms with Crippen LogP contribution < -0.4 is 10.6 Å². The Kier molecular flexibility index (Phi) is 8.47.